The summed E-state index contributed by atoms with van der Waals surface area (Å²) in [6, 6.07) is 4.97. The van der Waals surface area contributed by atoms with E-state index in [1.165, 1.54) is 0 Å². The molecule has 0 spiro atoms. The van der Waals surface area contributed by atoms with Gasteiger partial charge in [-0.3, -0.25) is 0 Å². The van der Waals surface area contributed by atoms with Crippen molar-refractivity contribution < 1.29 is 13.2 Å². The van der Waals surface area contributed by atoms with E-state index in [2.05, 4.69) is 21.2 Å². The molecular weight excluding hydrogens is 380 g/mol. The number of nitrogens with one attached hydrogen (secondary N) is 1. The first kappa shape index (κ1) is 18.7. The van der Waals surface area contributed by atoms with Crippen LogP contribution in [0.15, 0.2) is 27.6 Å². The minimum Gasteiger partial charge on any atom is -0.497 e. The van der Waals surface area contributed by atoms with Crippen molar-refractivity contribution in [3.05, 3.63) is 22.7 Å². The van der Waals surface area contributed by atoms with Gasteiger partial charge in [0.05, 0.1) is 12.0 Å². The van der Waals surface area contributed by atoms with Gasteiger partial charge in [-0.15, -0.1) is 12.4 Å². The lowest BCUT2D eigenvalue weighted by molar-refractivity contribution is 0.232. The summed E-state index contributed by atoms with van der Waals surface area (Å²) < 4.78 is 32.8. The highest BCUT2D eigenvalue weighted by Gasteiger charge is 2.35. The van der Waals surface area contributed by atoms with Crippen molar-refractivity contribution in [2.75, 3.05) is 20.2 Å². The molecule has 1 saturated heterocycles. The van der Waals surface area contributed by atoms with Gasteiger partial charge in [0, 0.05) is 29.6 Å². The standard InChI is InChI=1S/C13H19BrN2O3S.ClH/c1-9-10(2)16(7-6-15-9)20(17,18)13-5-4-11(19-3)8-12(13)14;/h4-5,8-10,15H,6-7H2,1-3H3;1H. The predicted octanol–water partition coefficient (Wildman–Crippen LogP) is 2.25. The zero-order chi connectivity index (χ0) is 14.9. The number of methoxy groups -OCH3 is 1. The first-order chi connectivity index (χ1) is 9.37. The number of hydrogen-bond donors (Lipinski definition) is 1. The fraction of sp³-hybridized carbons (Fsp3) is 0.538. The summed E-state index contributed by atoms with van der Waals surface area (Å²) in [4.78, 5) is 0.277. The molecule has 0 amide bonds. The summed E-state index contributed by atoms with van der Waals surface area (Å²) in [5, 5.41) is 3.28. The number of benzene rings is 1. The number of sulfonamides is 1. The van der Waals surface area contributed by atoms with Gasteiger partial charge in [-0.1, -0.05) is 0 Å². The van der Waals surface area contributed by atoms with Crippen LogP contribution in [0.1, 0.15) is 13.8 Å². The largest absolute Gasteiger partial charge is 0.497 e. The van der Waals surface area contributed by atoms with Crippen LogP contribution in [0.5, 0.6) is 5.75 Å². The number of piperazine rings is 1. The molecule has 2 atom stereocenters. The minimum absolute atomic E-state index is 0. The van der Waals surface area contributed by atoms with E-state index in [-0.39, 0.29) is 29.4 Å². The highest BCUT2D eigenvalue weighted by atomic mass is 79.9. The molecule has 0 aliphatic carbocycles. The average molecular weight is 400 g/mol. The zero-order valence-electron chi connectivity index (χ0n) is 12.2. The molecule has 5 nitrogen and oxygen atoms in total. The van der Waals surface area contributed by atoms with E-state index in [1.807, 2.05) is 13.8 Å². The van der Waals surface area contributed by atoms with Gasteiger partial charge in [-0.05, 0) is 48.0 Å². The quantitative estimate of drug-likeness (QED) is 0.847. The van der Waals surface area contributed by atoms with Crippen LogP contribution in [-0.4, -0.2) is 45.0 Å². The van der Waals surface area contributed by atoms with Crippen molar-refractivity contribution in [3.8, 4) is 5.75 Å². The molecule has 8 heteroatoms. The van der Waals surface area contributed by atoms with Crippen molar-refractivity contribution in [3.63, 3.8) is 0 Å². The molecule has 1 aliphatic heterocycles. The van der Waals surface area contributed by atoms with Crippen molar-refractivity contribution >= 4 is 38.4 Å². The lowest BCUT2D eigenvalue weighted by Crippen LogP contribution is -2.57. The van der Waals surface area contributed by atoms with Crippen LogP contribution >= 0.6 is 28.3 Å². The number of rotatable bonds is 3. The first-order valence-electron chi connectivity index (χ1n) is 6.46. The topological polar surface area (TPSA) is 58.6 Å². The number of hydrogen-bond acceptors (Lipinski definition) is 4. The van der Waals surface area contributed by atoms with E-state index >= 15 is 0 Å². The highest BCUT2D eigenvalue weighted by Crippen LogP contribution is 2.30. The maximum absolute atomic E-state index is 12.8. The average Bonchev–Trinajstić information content (AvgIpc) is 2.41. The van der Waals surface area contributed by atoms with Crippen LogP contribution in [-0.2, 0) is 10.0 Å². The second kappa shape index (κ2) is 7.28. The van der Waals surface area contributed by atoms with Crippen molar-refractivity contribution in [2.45, 2.75) is 30.8 Å². The molecule has 0 bridgehead atoms. The predicted molar refractivity (Wildman–Crippen MR) is 88.8 cm³/mol. The summed E-state index contributed by atoms with van der Waals surface area (Å²) in [5.74, 6) is 0.623. The summed E-state index contributed by atoms with van der Waals surface area (Å²) in [6.45, 7) is 5.06. The Morgan fingerprint density at radius 1 is 1.38 bits per heavy atom. The fourth-order valence-corrected chi connectivity index (χ4v) is 5.03. The summed E-state index contributed by atoms with van der Waals surface area (Å²) in [7, 11) is -1.96. The van der Waals surface area contributed by atoms with Gasteiger partial charge in [-0.2, -0.15) is 4.31 Å². The van der Waals surface area contributed by atoms with E-state index < -0.39 is 10.0 Å². The van der Waals surface area contributed by atoms with Crippen LogP contribution in [0.4, 0.5) is 0 Å². The summed E-state index contributed by atoms with van der Waals surface area (Å²) in [6.07, 6.45) is 0. The highest BCUT2D eigenvalue weighted by molar-refractivity contribution is 9.10. The molecule has 0 radical (unpaired) electrons. The Morgan fingerprint density at radius 2 is 2.05 bits per heavy atom. The van der Waals surface area contributed by atoms with E-state index in [0.717, 1.165) is 0 Å². The second-order valence-corrected chi connectivity index (χ2v) is 7.61. The Bertz CT molecular complexity index is 597. The number of nitrogens with zero attached hydrogens (tertiary/aromatic N) is 1. The van der Waals surface area contributed by atoms with Gasteiger partial charge in [-0.25, -0.2) is 8.42 Å². The lowest BCUT2D eigenvalue weighted by atomic mass is 10.1. The molecule has 2 unspecified atom stereocenters. The molecule has 1 aromatic rings. The van der Waals surface area contributed by atoms with Gasteiger partial charge < -0.3 is 10.1 Å². The van der Waals surface area contributed by atoms with Crippen LogP contribution in [0, 0.1) is 0 Å². The lowest BCUT2D eigenvalue weighted by Gasteiger charge is -2.37. The molecule has 1 aliphatic rings. The minimum atomic E-state index is -3.51. The van der Waals surface area contributed by atoms with Crippen LogP contribution in [0.2, 0.25) is 0 Å². The second-order valence-electron chi connectivity index (χ2n) is 4.90. The molecule has 0 saturated carbocycles. The van der Waals surface area contributed by atoms with E-state index in [1.54, 1.807) is 29.6 Å². The molecule has 0 aromatic heterocycles. The SMILES string of the molecule is COc1ccc(S(=O)(=O)N2CCNC(C)C2C)c(Br)c1.Cl. The molecule has 1 N–H and O–H groups in total. The fourth-order valence-electron chi connectivity index (χ4n) is 2.31. The Kier molecular flexibility index (Phi) is 6.49. The number of halogens is 2. The van der Waals surface area contributed by atoms with E-state index in [9.17, 15) is 8.42 Å². The molecule has 2 rings (SSSR count). The third kappa shape index (κ3) is 3.71. The normalized spacial score (nSPS) is 23.4. The van der Waals surface area contributed by atoms with Crippen molar-refractivity contribution in [1.82, 2.24) is 9.62 Å². The van der Waals surface area contributed by atoms with Gasteiger partial charge in [0.15, 0.2) is 0 Å². The van der Waals surface area contributed by atoms with E-state index in [4.69, 9.17) is 4.74 Å². The van der Waals surface area contributed by atoms with Gasteiger partial charge in [0.2, 0.25) is 10.0 Å². The molecule has 21 heavy (non-hydrogen) atoms. The zero-order valence-corrected chi connectivity index (χ0v) is 15.4. The van der Waals surface area contributed by atoms with Crippen molar-refractivity contribution in [1.29, 1.82) is 0 Å². The summed E-state index contributed by atoms with van der Waals surface area (Å²) >= 11 is 3.32. The third-order valence-corrected chi connectivity index (χ3v) is 6.66. The number of ether oxygens (including phenoxy) is 1. The third-order valence-electron chi connectivity index (χ3n) is 3.70. The maximum Gasteiger partial charge on any atom is 0.244 e. The van der Waals surface area contributed by atoms with Crippen LogP contribution in [0.25, 0.3) is 0 Å². The van der Waals surface area contributed by atoms with Crippen LogP contribution < -0.4 is 10.1 Å². The Balaban J connectivity index is 0.00000220. The Labute approximate surface area is 140 Å². The van der Waals surface area contributed by atoms with Gasteiger partial charge in [0.25, 0.3) is 0 Å². The molecule has 1 fully saturated rings. The Morgan fingerprint density at radius 3 is 2.62 bits per heavy atom. The monoisotopic (exact) mass is 398 g/mol. The molecular formula is C13H20BrClN2O3S. The molecule has 1 heterocycles. The molecule has 120 valence electrons. The smallest absolute Gasteiger partial charge is 0.244 e. The van der Waals surface area contributed by atoms with Gasteiger partial charge in [0.1, 0.15) is 5.75 Å². The van der Waals surface area contributed by atoms with Crippen molar-refractivity contribution in [2.24, 2.45) is 0 Å². The maximum atomic E-state index is 12.8. The Hall–Kier alpha value is -0.340. The first-order valence-corrected chi connectivity index (χ1v) is 8.70. The van der Waals surface area contributed by atoms with Gasteiger partial charge >= 0.3 is 0 Å². The van der Waals surface area contributed by atoms with Crippen LogP contribution in [0.3, 0.4) is 0 Å². The van der Waals surface area contributed by atoms with E-state index in [0.29, 0.717) is 23.3 Å². The molecule has 1 aromatic carbocycles. The summed E-state index contributed by atoms with van der Waals surface area (Å²) in [5.41, 5.74) is 0.